The van der Waals surface area contributed by atoms with E-state index in [1.807, 2.05) is 0 Å². The standard InChI is InChI=1S/C11H23FO/c1-7-9(13-6)10(2,3)8-11(4,5)12/h9H,7-8H2,1-6H3. The van der Waals surface area contributed by atoms with Gasteiger partial charge in [0.15, 0.2) is 0 Å². The van der Waals surface area contributed by atoms with E-state index in [0.717, 1.165) is 6.42 Å². The molecule has 0 saturated heterocycles. The van der Waals surface area contributed by atoms with Crippen LogP contribution >= 0.6 is 0 Å². The highest BCUT2D eigenvalue weighted by Crippen LogP contribution is 2.35. The quantitative estimate of drug-likeness (QED) is 0.644. The van der Waals surface area contributed by atoms with Gasteiger partial charge < -0.3 is 4.74 Å². The van der Waals surface area contributed by atoms with Crippen molar-refractivity contribution in [3.8, 4) is 0 Å². The van der Waals surface area contributed by atoms with Gasteiger partial charge in [-0.15, -0.1) is 0 Å². The maximum absolute atomic E-state index is 13.5. The van der Waals surface area contributed by atoms with Crippen molar-refractivity contribution in [1.29, 1.82) is 0 Å². The first-order valence-electron chi connectivity index (χ1n) is 4.94. The number of halogens is 1. The Balaban J connectivity index is 4.36. The molecule has 0 rings (SSSR count). The second-order valence-corrected chi connectivity index (χ2v) is 5.02. The number of alkyl halides is 1. The monoisotopic (exact) mass is 190 g/mol. The zero-order valence-electron chi connectivity index (χ0n) is 9.78. The van der Waals surface area contributed by atoms with Crippen LogP contribution in [0.1, 0.15) is 47.5 Å². The summed E-state index contributed by atoms with van der Waals surface area (Å²) in [5.41, 5.74) is -1.21. The summed E-state index contributed by atoms with van der Waals surface area (Å²) in [6, 6.07) is 0. The molecule has 1 unspecified atom stereocenters. The summed E-state index contributed by atoms with van der Waals surface area (Å²) in [6.07, 6.45) is 1.61. The number of rotatable bonds is 5. The van der Waals surface area contributed by atoms with Crippen molar-refractivity contribution in [3.05, 3.63) is 0 Å². The van der Waals surface area contributed by atoms with Gasteiger partial charge in [-0.3, -0.25) is 0 Å². The van der Waals surface area contributed by atoms with Gasteiger partial charge >= 0.3 is 0 Å². The zero-order chi connectivity index (χ0) is 10.7. The first kappa shape index (κ1) is 12.9. The molecule has 0 saturated carbocycles. The second kappa shape index (κ2) is 4.41. The summed E-state index contributed by atoms with van der Waals surface area (Å²) in [5, 5.41) is 0. The Morgan fingerprint density at radius 3 is 1.92 bits per heavy atom. The van der Waals surface area contributed by atoms with Crippen LogP contribution in [0.3, 0.4) is 0 Å². The fourth-order valence-corrected chi connectivity index (χ4v) is 2.24. The van der Waals surface area contributed by atoms with E-state index < -0.39 is 5.67 Å². The molecule has 0 radical (unpaired) electrons. The third-order valence-electron chi connectivity index (χ3n) is 2.40. The van der Waals surface area contributed by atoms with Gasteiger partial charge in [-0.05, 0) is 32.1 Å². The van der Waals surface area contributed by atoms with Gasteiger partial charge in [0.05, 0.1) is 6.10 Å². The summed E-state index contributed by atoms with van der Waals surface area (Å²) < 4.78 is 18.8. The van der Waals surface area contributed by atoms with Crippen LogP contribution in [0.25, 0.3) is 0 Å². The van der Waals surface area contributed by atoms with Gasteiger partial charge in [-0.25, -0.2) is 4.39 Å². The molecule has 0 heterocycles. The van der Waals surface area contributed by atoms with Gasteiger partial charge in [0, 0.05) is 7.11 Å². The van der Waals surface area contributed by atoms with Crippen LogP contribution in [0.15, 0.2) is 0 Å². The molecule has 0 aromatic heterocycles. The van der Waals surface area contributed by atoms with Crippen LogP contribution < -0.4 is 0 Å². The molecule has 80 valence electrons. The molecule has 0 N–H and O–H groups in total. The molecule has 0 aliphatic heterocycles. The Morgan fingerprint density at radius 2 is 1.69 bits per heavy atom. The summed E-state index contributed by atoms with van der Waals surface area (Å²) in [5.74, 6) is 0. The lowest BCUT2D eigenvalue weighted by molar-refractivity contribution is -0.0247. The maximum atomic E-state index is 13.5. The van der Waals surface area contributed by atoms with Crippen molar-refractivity contribution < 1.29 is 9.13 Å². The smallest absolute Gasteiger partial charge is 0.106 e. The van der Waals surface area contributed by atoms with Crippen LogP contribution in [-0.2, 0) is 4.74 Å². The largest absolute Gasteiger partial charge is 0.381 e. The Hall–Kier alpha value is -0.110. The lowest BCUT2D eigenvalue weighted by atomic mass is 9.77. The van der Waals surface area contributed by atoms with Crippen LogP contribution in [0.2, 0.25) is 0 Å². The van der Waals surface area contributed by atoms with E-state index in [9.17, 15) is 4.39 Å². The van der Waals surface area contributed by atoms with Gasteiger partial charge in [-0.1, -0.05) is 20.8 Å². The molecular formula is C11H23FO. The third-order valence-corrected chi connectivity index (χ3v) is 2.40. The summed E-state index contributed by atoms with van der Waals surface area (Å²) >= 11 is 0. The fourth-order valence-electron chi connectivity index (χ4n) is 2.24. The number of methoxy groups -OCH3 is 1. The molecule has 0 aliphatic rings. The zero-order valence-corrected chi connectivity index (χ0v) is 9.78. The van der Waals surface area contributed by atoms with E-state index in [-0.39, 0.29) is 11.5 Å². The minimum Gasteiger partial charge on any atom is -0.381 e. The molecule has 0 fully saturated rings. The molecule has 0 aromatic carbocycles. The van der Waals surface area contributed by atoms with E-state index >= 15 is 0 Å². The van der Waals surface area contributed by atoms with E-state index in [2.05, 4.69) is 20.8 Å². The average Bonchev–Trinajstić information content (AvgIpc) is 1.83. The topological polar surface area (TPSA) is 9.23 Å². The SMILES string of the molecule is CCC(OC)C(C)(C)CC(C)(C)F. The van der Waals surface area contributed by atoms with Crippen molar-refractivity contribution >= 4 is 0 Å². The molecule has 13 heavy (non-hydrogen) atoms. The van der Waals surface area contributed by atoms with Crippen LogP contribution in [0, 0.1) is 5.41 Å². The molecule has 0 aliphatic carbocycles. The van der Waals surface area contributed by atoms with Gasteiger partial charge in [0.25, 0.3) is 0 Å². The highest BCUT2D eigenvalue weighted by atomic mass is 19.1. The lowest BCUT2D eigenvalue weighted by Gasteiger charge is -2.36. The van der Waals surface area contributed by atoms with Crippen molar-refractivity contribution in [2.45, 2.75) is 59.2 Å². The predicted octanol–water partition coefficient (Wildman–Crippen LogP) is 3.58. The maximum Gasteiger partial charge on any atom is 0.106 e. The van der Waals surface area contributed by atoms with Gasteiger partial charge in [0.2, 0.25) is 0 Å². The second-order valence-electron chi connectivity index (χ2n) is 5.02. The highest BCUT2D eigenvalue weighted by molar-refractivity contribution is 4.84. The van der Waals surface area contributed by atoms with Gasteiger partial charge in [-0.2, -0.15) is 0 Å². The minimum atomic E-state index is -1.12. The van der Waals surface area contributed by atoms with E-state index in [1.54, 1.807) is 21.0 Å². The first-order valence-corrected chi connectivity index (χ1v) is 4.94. The molecular weight excluding hydrogens is 167 g/mol. The Bertz CT molecular complexity index is 143. The summed E-state index contributed by atoms with van der Waals surface area (Å²) in [6.45, 7) is 9.44. The Labute approximate surface area is 81.7 Å². The van der Waals surface area contributed by atoms with Crippen molar-refractivity contribution in [2.24, 2.45) is 5.41 Å². The molecule has 0 bridgehead atoms. The molecule has 2 heteroatoms. The molecule has 0 amide bonds. The number of hydrogen-bond acceptors (Lipinski definition) is 1. The lowest BCUT2D eigenvalue weighted by Crippen LogP contribution is -2.36. The normalized spacial score (nSPS) is 15.9. The minimum absolute atomic E-state index is 0.0955. The molecule has 0 aromatic rings. The Kier molecular flexibility index (Phi) is 4.37. The average molecular weight is 190 g/mol. The van der Waals surface area contributed by atoms with Crippen LogP contribution in [0.5, 0.6) is 0 Å². The third kappa shape index (κ3) is 4.61. The fraction of sp³-hybridized carbons (Fsp3) is 1.00. The van der Waals surface area contributed by atoms with Crippen LogP contribution in [-0.4, -0.2) is 18.9 Å². The van der Waals surface area contributed by atoms with Crippen molar-refractivity contribution in [2.75, 3.05) is 7.11 Å². The summed E-state index contributed by atoms with van der Waals surface area (Å²) in [7, 11) is 1.70. The predicted molar refractivity (Wildman–Crippen MR) is 54.7 cm³/mol. The first-order chi connectivity index (χ1) is 5.73. The Morgan fingerprint density at radius 1 is 1.23 bits per heavy atom. The number of ether oxygens (including phenoxy) is 1. The highest BCUT2D eigenvalue weighted by Gasteiger charge is 2.34. The molecule has 1 atom stereocenters. The molecule has 0 spiro atoms. The summed E-state index contributed by atoms with van der Waals surface area (Å²) in [4.78, 5) is 0. The number of hydrogen-bond donors (Lipinski definition) is 0. The molecule has 1 nitrogen and oxygen atoms in total. The van der Waals surface area contributed by atoms with Crippen molar-refractivity contribution in [3.63, 3.8) is 0 Å². The van der Waals surface area contributed by atoms with Crippen LogP contribution in [0.4, 0.5) is 4.39 Å². The van der Waals surface area contributed by atoms with Gasteiger partial charge in [0.1, 0.15) is 5.67 Å². The van der Waals surface area contributed by atoms with E-state index in [4.69, 9.17) is 4.74 Å². The van der Waals surface area contributed by atoms with E-state index in [0.29, 0.717) is 6.42 Å². The van der Waals surface area contributed by atoms with E-state index in [1.165, 1.54) is 0 Å². The van der Waals surface area contributed by atoms with Crippen molar-refractivity contribution in [1.82, 2.24) is 0 Å².